The minimum atomic E-state index is -0.488. The van der Waals surface area contributed by atoms with E-state index in [1.165, 1.54) is 11.8 Å². The molecule has 0 spiro atoms. The average molecular weight is 409 g/mol. The number of rotatable bonds is 6. The van der Waals surface area contributed by atoms with Gasteiger partial charge in [-0.25, -0.2) is 4.79 Å². The largest absolute Gasteiger partial charge is 0.464 e. The molecule has 2 aromatic rings. The van der Waals surface area contributed by atoms with Crippen molar-refractivity contribution in [2.45, 2.75) is 37.4 Å². The molecule has 1 aromatic heterocycles. The van der Waals surface area contributed by atoms with Gasteiger partial charge in [-0.1, -0.05) is 29.4 Å². The van der Waals surface area contributed by atoms with Crippen LogP contribution in [0.5, 0.6) is 0 Å². The zero-order valence-corrected chi connectivity index (χ0v) is 16.6. The summed E-state index contributed by atoms with van der Waals surface area (Å²) in [5.74, 6) is -0.245. The summed E-state index contributed by atoms with van der Waals surface area (Å²) in [6.07, 6.45) is 4.04. The number of halogens is 1. The maximum absolute atomic E-state index is 12.7. The first kappa shape index (κ1) is 19.7. The van der Waals surface area contributed by atoms with E-state index in [0.29, 0.717) is 29.8 Å². The van der Waals surface area contributed by atoms with Gasteiger partial charge < -0.3 is 9.64 Å². The Kier molecular flexibility index (Phi) is 6.73. The molecule has 0 aliphatic carbocycles. The highest BCUT2D eigenvalue weighted by molar-refractivity contribution is 7.99. The summed E-state index contributed by atoms with van der Waals surface area (Å²) in [5, 5.41) is 9.23. The Balaban J connectivity index is 1.67. The number of nitrogens with zero attached hydrogens (tertiary/aromatic N) is 4. The van der Waals surface area contributed by atoms with E-state index in [-0.39, 0.29) is 17.6 Å². The minimum Gasteiger partial charge on any atom is -0.464 e. The summed E-state index contributed by atoms with van der Waals surface area (Å²) in [6, 6.07) is 6.84. The second-order valence-electron chi connectivity index (χ2n) is 6.10. The number of hydrogen-bond donors (Lipinski definition) is 0. The molecule has 9 heteroatoms. The van der Waals surface area contributed by atoms with Gasteiger partial charge in [-0.15, -0.1) is 10.2 Å². The van der Waals surface area contributed by atoms with E-state index < -0.39 is 6.04 Å². The Morgan fingerprint density at radius 1 is 1.37 bits per heavy atom. The van der Waals surface area contributed by atoms with Crippen molar-refractivity contribution in [3.8, 4) is 5.69 Å². The smallest absolute Gasteiger partial charge is 0.328 e. The van der Waals surface area contributed by atoms with Crippen LogP contribution in [-0.4, -0.2) is 56.5 Å². The second-order valence-corrected chi connectivity index (χ2v) is 7.48. The number of benzene rings is 1. The molecular formula is C18H21ClN4O3S. The SMILES string of the molecule is CCOC(=O)[C@@H]1CCCCN1C(=O)CSc1nncn1-c1cccc(Cl)c1. The van der Waals surface area contributed by atoms with Crippen LogP contribution in [0.15, 0.2) is 35.7 Å². The van der Waals surface area contributed by atoms with E-state index in [1.54, 1.807) is 34.9 Å². The highest BCUT2D eigenvalue weighted by atomic mass is 35.5. The number of amides is 1. The molecule has 1 amide bonds. The molecule has 0 radical (unpaired) electrons. The van der Waals surface area contributed by atoms with Crippen LogP contribution in [0, 0.1) is 0 Å². The quantitative estimate of drug-likeness (QED) is 0.540. The van der Waals surface area contributed by atoms with Crippen LogP contribution in [0.3, 0.4) is 0 Å². The molecule has 1 atom stereocenters. The van der Waals surface area contributed by atoms with E-state index in [2.05, 4.69) is 10.2 Å². The Hall–Kier alpha value is -2.06. The molecule has 1 aliphatic rings. The molecule has 1 aromatic carbocycles. The third kappa shape index (κ3) is 4.81. The summed E-state index contributed by atoms with van der Waals surface area (Å²) < 4.78 is 6.90. The molecule has 1 fully saturated rings. The number of esters is 1. The molecule has 27 heavy (non-hydrogen) atoms. The number of likely N-dealkylation sites (tertiary alicyclic amines) is 1. The van der Waals surface area contributed by atoms with E-state index in [9.17, 15) is 9.59 Å². The van der Waals surface area contributed by atoms with Crippen molar-refractivity contribution < 1.29 is 14.3 Å². The van der Waals surface area contributed by atoms with Crippen LogP contribution in [0.2, 0.25) is 5.02 Å². The molecule has 0 unspecified atom stereocenters. The van der Waals surface area contributed by atoms with Crippen molar-refractivity contribution in [1.29, 1.82) is 0 Å². The number of carbonyl (C=O) groups is 2. The topological polar surface area (TPSA) is 77.3 Å². The van der Waals surface area contributed by atoms with Crippen LogP contribution in [0.4, 0.5) is 0 Å². The fraction of sp³-hybridized carbons (Fsp3) is 0.444. The van der Waals surface area contributed by atoms with Gasteiger partial charge in [-0.2, -0.15) is 0 Å². The number of aromatic nitrogens is 3. The standard InChI is InChI=1S/C18H21ClN4O3S/c1-2-26-17(25)15-8-3-4-9-22(15)16(24)11-27-18-21-20-12-23(18)14-7-5-6-13(19)10-14/h5-7,10,12,15H,2-4,8-9,11H2,1H3/t15-/m0/s1. The molecule has 144 valence electrons. The maximum atomic E-state index is 12.7. The van der Waals surface area contributed by atoms with E-state index >= 15 is 0 Å². The van der Waals surface area contributed by atoms with Gasteiger partial charge in [-0.3, -0.25) is 9.36 Å². The highest BCUT2D eigenvalue weighted by Crippen LogP contribution is 2.24. The normalized spacial score (nSPS) is 17.0. The number of piperidine rings is 1. The van der Waals surface area contributed by atoms with Crippen LogP contribution < -0.4 is 0 Å². The zero-order valence-electron chi connectivity index (χ0n) is 15.0. The first-order valence-electron chi connectivity index (χ1n) is 8.85. The van der Waals surface area contributed by atoms with Gasteiger partial charge in [0.1, 0.15) is 12.4 Å². The molecule has 0 N–H and O–H groups in total. The zero-order chi connectivity index (χ0) is 19.2. The van der Waals surface area contributed by atoms with Gasteiger partial charge in [-0.05, 0) is 44.4 Å². The van der Waals surface area contributed by atoms with Crippen LogP contribution >= 0.6 is 23.4 Å². The fourth-order valence-corrected chi connectivity index (χ4v) is 4.05. The van der Waals surface area contributed by atoms with Gasteiger partial charge in [0.15, 0.2) is 5.16 Å². The molecular weight excluding hydrogens is 388 g/mol. The van der Waals surface area contributed by atoms with Gasteiger partial charge in [0.05, 0.1) is 18.0 Å². The monoisotopic (exact) mass is 408 g/mol. The number of carbonyl (C=O) groups excluding carboxylic acids is 2. The molecule has 2 heterocycles. The predicted octanol–water partition coefficient (Wildman–Crippen LogP) is 2.96. The van der Waals surface area contributed by atoms with Crippen LogP contribution in [-0.2, 0) is 14.3 Å². The maximum Gasteiger partial charge on any atom is 0.328 e. The minimum absolute atomic E-state index is 0.0987. The third-order valence-electron chi connectivity index (χ3n) is 4.31. The lowest BCUT2D eigenvalue weighted by Gasteiger charge is -2.33. The Morgan fingerprint density at radius 2 is 2.22 bits per heavy atom. The number of thioether (sulfide) groups is 1. The summed E-state index contributed by atoms with van der Waals surface area (Å²) in [4.78, 5) is 26.5. The summed E-state index contributed by atoms with van der Waals surface area (Å²) >= 11 is 7.34. The lowest BCUT2D eigenvalue weighted by molar-refractivity contribution is -0.155. The summed E-state index contributed by atoms with van der Waals surface area (Å²) in [5.41, 5.74) is 0.824. The van der Waals surface area contributed by atoms with Crippen molar-refractivity contribution in [2.24, 2.45) is 0 Å². The van der Waals surface area contributed by atoms with Gasteiger partial charge in [0.25, 0.3) is 0 Å². The molecule has 0 bridgehead atoms. The Labute approximate surface area is 167 Å². The molecule has 1 aliphatic heterocycles. The predicted molar refractivity (Wildman–Crippen MR) is 103 cm³/mol. The van der Waals surface area contributed by atoms with Gasteiger partial charge >= 0.3 is 5.97 Å². The van der Waals surface area contributed by atoms with Gasteiger partial charge in [0.2, 0.25) is 5.91 Å². The average Bonchev–Trinajstić information content (AvgIpc) is 3.15. The van der Waals surface area contributed by atoms with E-state index in [0.717, 1.165) is 18.5 Å². The summed E-state index contributed by atoms with van der Waals surface area (Å²) in [7, 11) is 0. The Bertz CT molecular complexity index is 813. The van der Waals surface area contributed by atoms with Crippen molar-refractivity contribution >= 4 is 35.2 Å². The van der Waals surface area contributed by atoms with Crippen molar-refractivity contribution in [3.05, 3.63) is 35.6 Å². The fourth-order valence-electron chi connectivity index (χ4n) is 3.05. The molecule has 7 nitrogen and oxygen atoms in total. The number of hydrogen-bond acceptors (Lipinski definition) is 6. The van der Waals surface area contributed by atoms with Crippen molar-refractivity contribution in [3.63, 3.8) is 0 Å². The van der Waals surface area contributed by atoms with Crippen molar-refractivity contribution in [2.75, 3.05) is 18.9 Å². The molecule has 3 rings (SSSR count). The molecule has 0 saturated carbocycles. The molecule has 1 saturated heterocycles. The first-order chi connectivity index (χ1) is 13.1. The van der Waals surface area contributed by atoms with E-state index in [4.69, 9.17) is 16.3 Å². The van der Waals surface area contributed by atoms with Crippen LogP contribution in [0.1, 0.15) is 26.2 Å². The Morgan fingerprint density at radius 3 is 3.00 bits per heavy atom. The summed E-state index contributed by atoms with van der Waals surface area (Å²) in [6.45, 7) is 2.66. The van der Waals surface area contributed by atoms with Gasteiger partial charge in [0, 0.05) is 11.6 Å². The lowest BCUT2D eigenvalue weighted by Crippen LogP contribution is -2.49. The van der Waals surface area contributed by atoms with Crippen LogP contribution in [0.25, 0.3) is 5.69 Å². The third-order valence-corrected chi connectivity index (χ3v) is 5.47. The first-order valence-corrected chi connectivity index (χ1v) is 10.2. The lowest BCUT2D eigenvalue weighted by atomic mass is 10.0. The highest BCUT2D eigenvalue weighted by Gasteiger charge is 2.33. The van der Waals surface area contributed by atoms with E-state index in [1.807, 2.05) is 12.1 Å². The van der Waals surface area contributed by atoms with Crippen molar-refractivity contribution in [1.82, 2.24) is 19.7 Å². The number of ether oxygens (including phenoxy) is 1. The second kappa shape index (κ2) is 9.23.